The van der Waals surface area contributed by atoms with Crippen LogP contribution in [0.15, 0.2) is 47.1 Å². The number of ether oxygens (including phenoxy) is 2. The quantitative estimate of drug-likeness (QED) is 0.554. The number of esters is 1. The Labute approximate surface area is 153 Å². The first-order valence-electron chi connectivity index (χ1n) is 6.79. The highest BCUT2D eigenvalue weighted by atomic mass is 35.5. The van der Waals surface area contributed by atoms with E-state index in [4.69, 9.17) is 44.3 Å². The van der Waals surface area contributed by atoms with Gasteiger partial charge in [0.15, 0.2) is 5.70 Å². The number of aliphatic imine (C=N–C) groups is 1. The molecule has 0 spiro atoms. The van der Waals surface area contributed by atoms with Crippen molar-refractivity contribution in [1.82, 2.24) is 0 Å². The number of halogens is 3. The van der Waals surface area contributed by atoms with Crippen molar-refractivity contribution in [3.63, 3.8) is 0 Å². The standard InChI is InChI=1S/C17H10Cl3NO3/c1-23-15-5-2-9(6-13(15)20)7-14-17(22)24-16(21-14)10-3-4-11(18)12(19)8-10/h2-8H,1H3/b14-7-. The van der Waals surface area contributed by atoms with E-state index in [2.05, 4.69) is 4.99 Å². The third-order valence-electron chi connectivity index (χ3n) is 3.27. The molecule has 7 heteroatoms. The summed E-state index contributed by atoms with van der Waals surface area (Å²) in [5.74, 6) is 0.167. The van der Waals surface area contributed by atoms with E-state index in [1.807, 2.05) is 0 Å². The van der Waals surface area contributed by atoms with Crippen molar-refractivity contribution < 1.29 is 14.3 Å². The van der Waals surface area contributed by atoms with Crippen LogP contribution in [0.4, 0.5) is 0 Å². The summed E-state index contributed by atoms with van der Waals surface area (Å²) in [6, 6.07) is 10.0. The van der Waals surface area contributed by atoms with E-state index < -0.39 is 5.97 Å². The van der Waals surface area contributed by atoms with Crippen molar-refractivity contribution in [1.29, 1.82) is 0 Å². The Morgan fingerprint density at radius 3 is 2.50 bits per heavy atom. The minimum absolute atomic E-state index is 0.164. The molecule has 3 rings (SSSR count). The molecule has 0 radical (unpaired) electrons. The maximum Gasteiger partial charge on any atom is 0.363 e. The highest BCUT2D eigenvalue weighted by molar-refractivity contribution is 6.42. The van der Waals surface area contributed by atoms with Crippen LogP contribution in [0.25, 0.3) is 6.08 Å². The Morgan fingerprint density at radius 1 is 1.04 bits per heavy atom. The van der Waals surface area contributed by atoms with Gasteiger partial charge in [-0.2, -0.15) is 0 Å². The van der Waals surface area contributed by atoms with Crippen LogP contribution in [0.3, 0.4) is 0 Å². The summed E-state index contributed by atoms with van der Waals surface area (Å²) >= 11 is 17.9. The molecule has 0 amide bonds. The molecule has 0 aromatic heterocycles. The van der Waals surface area contributed by atoms with Crippen LogP contribution in [-0.4, -0.2) is 19.0 Å². The highest BCUT2D eigenvalue weighted by Crippen LogP contribution is 2.28. The molecule has 0 saturated carbocycles. The van der Waals surface area contributed by atoms with Gasteiger partial charge < -0.3 is 9.47 Å². The lowest BCUT2D eigenvalue weighted by molar-refractivity contribution is -0.129. The topological polar surface area (TPSA) is 47.9 Å². The van der Waals surface area contributed by atoms with Crippen LogP contribution < -0.4 is 4.74 Å². The molecule has 0 unspecified atom stereocenters. The van der Waals surface area contributed by atoms with Crippen molar-refractivity contribution in [2.75, 3.05) is 7.11 Å². The number of cyclic esters (lactones) is 1. The Bertz CT molecular complexity index is 891. The molecule has 0 atom stereocenters. The fourth-order valence-corrected chi connectivity index (χ4v) is 2.66. The van der Waals surface area contributed by atoms with E-state index >= 15 is 0 Å². The van der Waals surface area contributed by atoms with Gasteiger partial charge in [-0.1, -0.05) is 40.9 Å². The second-order valence-corrected chi connectivity index (χ2v) is 6.08. The van der Waals surface area contributed by atoms with Crippen LogP contribution in [0.5, 0.6) is 5.75 Å². The molecule has 1 aliphatic rings. The number of methoxy groups -OCH3 is 1. The molecule has 0 aliphatic carbocycles. The summed E-state index contributed by atoms with van der Waals surface area (Å²) in [6.45, 7) is 0. The zero-order valence-electron chi connectivity index (χ0n) is 12.3. The van der Waals surface area contributed by atoms with Gasteiger partial charge in [0.1, 0.15) is 5.75 Å². The SMILES string of the molecule is COc1ccc(/C=C2\N=C(c3ccc(Cl)c(Cl)c3)OC2=O)cc1Cl. The number of carbonyl (C=O) groups is 1. The smallest absolute Gasteiger partial charge is 0.363 e. The number of hydrogen-bond donors (Lipinski definition) is 0. The molecule has 1 aliphatic heterocycles. The van der Waals surface area contributed by atoms with Crippen molar-refractivity contribution in [3.05, 3.63) is 68.3 Å². The van der Waals surface area contributed by atoms with Crippen molar-refractivity contribution in [2.45, 2.75) is 0 Å². The van der Waals surface area contributed by atoms with Crippen molar-refractivity contribution in [2.24, 2.45) is 4.99 Å². The molecule has 2 aromatic rings. The van der Waals surface area contributed by atoms with Crippen LogP contribution >= 0.6 is 34.8 Å². The molecule has 4 nitrogen and oxygen atoms in total. The minimum atomic E-state index is -0.553. The highest BCUT2D eigenvalue weighted by Gasteiger charge is 2.24. The van der Waals surface area contributed by atoms with Gasteiger partial charge in [0.05, 0.1) is 22.2 Å². The van der Waals surface area contributed by atoms with Crippen molar-refractivity contribution in [3.8, 4) is 5.75 Å². The average Bonchev–Trinajstić information content (AvgIpc) is 2.91. The maximum absolute atomic E-state index is 12.0. The first kappa shape index (κ1) is 16.8. The second-order valence-electron chi connectivity index (χ2n) is 4.86. The third-order valence-corrected chi connectivity index (χ3v) is 4.30. The minimum Gasteiger partial charge on any atom is -0.495 e. The van der Waals surface area contributed by atoms with Gasteiger partial charge in [-0.3, -0.25) is 0 Å². The van der Waals surface area contributed by atoms with Crippen LogP contribution in [-0.2, 0) is 9.53 Å². The average molecular weight is 383 g/mol. The van der Waals surface area contributed by atoms with E-state index in [-0.39, 0.29) is 11.6 Å². The van der Waals surface area contributed by atoms with E-state index in [1.54, 1.807) is 42.5 Å². The third kappa shape index (κ3) is 3.41. The maximum atomic E-state index is 12.0. The van der Waals surface area contributed by atoms with Gasteiger partial charge in [0.25, 0.3) is 0 Å². The fourth-order valence-electron chi connectivity index (χ4n) is 2.09. The molecule has 1 heterocycles. The molecular weight excluding hydrogens is 373 g/mol. The molecule has 122 valence electrons. The van der Waals surface area contributed by atoms with Crippen molar-refractivity contribution >= 4 is 52.7 Å². The zero-order chi connectivity index (χ0) is 17.3. The zero-order valence-corrected chi connectivity index (χ0v) is 14.6. The van der Waals surface area contributed by atoms with Gasteiger partial charge >= 0.3 is 5.97 Å². The summed E-state index contributed by atoms with van der Waals surface area (Å²) in [6.07, 6.45) is 1.58. The molecule has 0 fully saturated rings. The lowest BCUT2D eigenvalue weighted by Crippen LogP contribution is -2.05. The Hall–Kier alpha value is -2.01. The van der Waals surface area contributed by atoms with Gasteiger partial charge in [0.2, 0.25) is 5.90 Å². The molecule has 24 heavy (non-hydrogen) atoms. The largest absolute Gasteiger partial charge is 0.495 e. The first-order chi connectivity index (χ1) is 11.5. The van der Waals surface area contributed by atoms with Crippen LogP contribution in [0.1, 0.15) is 11.1 Å². The van der Waals surface area contributed by atoms with Crippen LogP contribution in [0.2, 0.25) is 15.1 Å². The van der Waals surface area contributed by atoms with E-state index in [9.17, 15) is 4.79 Å². The number of carbonyl (C=O) groups excluding carboxylic acids is 1. The molecular formula is C17H10Cl3NO3. The van der Waals surface area contributed by atoms with E-state index in [1.165, 1.54) is 7.11 Å². The summed E-state index contributed by atoms with van der Waals surface area (Å²) in [5, 5.41) is 1.20. The Morgan fingerprint density at radius 2 is 1.83 bits per heavy atom. The summed E-state index contributed by atoms with van der Waals surface area (Å²) in [5.41, 5.74) is 1.43. The molecule has 0 bridgehead atoms. The Kier molecular flexibility index (Phi) is 4.81. The number of hydrogen-bond acceptors (Lipinski definition) is 4. The Balaban J connectivity index is 1.93. The number of nitrogens with zero attached hydrogens (tertiary/aromatic N) is 1. The molecule has 0 N–H and O–H groups in total. The number of benzene rings is 2. The number of rotatable bonds is 3. The van der Waals surface area contributed by atoms with E-state index in [0.29, 0.717) is 31.9 Å². The van der Waals surface area contributed by atoms with Crippen LogP contribution in [0, 0.1) is 0 Å². The summed E-state index contributed by atoms with van der Waals surface area (Å²) in [4.78, 5) is 16.2. The van der Waals surface area contributed by atoms with Gasteiger partial charge in [-0.15, -0.1) is 0 Å². The predicted molar refractivity (Wildman–Crippen MR) is 95.1 cm³/mol. The molecule has 2 aromatic carbocycles. The van der Waals surface area contributed by atoms with Gasteiger partial charge in [0, 0.05) is 5.56 Å². The summed E-state index contributed by atoms with van der Waals surface area (Å²) < 4.78 is 10.3. The molecule has 0 saturated heterocycles. The van der Waals surface area contributed by atoms with E-state index in [0.717, 1.165) is 0 Å². The normalized spacial score (nSPS) is 15.4. The monoisotopic (exact) mass is 381 g/mol. The lowest BCUT2D eigenvalue weighted by Gasteiger charge is -2.03. The predicted octanol–water partition coefficient (Wildman–Crippen LogP) is 5.00. The summed E-state index contributed by atoms with van der Waals surface area (Å²) in [7, 11) is 1.53. The second kappa shape index (κ2) is 6.85. The van der Waals surface area contributed by atoms with Gasteiger partial charge in [-0.25, -0.2) is 9.79 Å². The fraction of sp³-hybridized carbons (Fsp3) is 0.0588. The first-order valence-corrected chi connectivity index (χ1v) is 7.93. The van der Waals surface area contributed by atoms with Gasteiger partial charge in [-0.05, 0) is 42.0 Å². The lowest BCUT2D eigenvalue weighted by atomic mass is 10.2.